The number of hydrogen-bond acceptors (Lipinski definition) is 5. The summed E-state index contributed by atoms with van der Waals surface area (Å²) in [4.78, 5) is 38.7. The Balaban J connectivity index is 2.38. The summed E-state index contributed by atoms with van der Waals surface area (Å²) in [5.41, 5.74) is 0. The lowest BCUT2D eigenvalue weighted by Gasteiger charge is -2.02. The number of rotatable bonds is 2. The molecule has 1 atom stereocenters. The van der Waals surface area contributed by atoms with Gasteiger partial charge in [0.1, 0.15) is 0 Å². The predicted molar refractivity (Wildman–Crippen MR) is 31.7 cm³/mol. The van der Waals surface area contributed by atoms with Crippen molar-refractivity contribution in [2.75, 3.05) is 0 Å². The van der Waals surface area contributed by atoms with Crippen LogP contribution in [0.25, 0.3) is 0 Å². The first kappa shape index (κ1) is 8.47. The van der Waals surface area contributed by atoms with Gasteiger partial charge in [0.05, 0.1) is 6.42 Å². The molecule has 7 heteroatoms. The van der Waals surface area contributed by atoms with Gasteiger partial charge in [0.2, 0.25) is 5.91 Å². The van der Waals surface area contributed by atoms with Crippen LogP contribution >= 0.6 is 0 Å². The summed E-state index contributed by atoms with van der Waals surface area (Å²) in [7, 11) is 0. The summed E-state index contributed by atoms with van der Waals surface area (Å²) in [6, 6.07) is 0. The van der Waals surface area contributed by atoms with Crippen LogP contribution in [0.1, 0.15) is 6.42 Å². The third kappa shape index (κ3) is 1.92. The molecule has 2 N–H and O–H groups in total. The van der Waals surface area contributed by atoms with Crippen molar-refractivity contribution in [2.45, 2.75) is 12.5 Å². The second kappa shape index (κ2) is 3.18. The van der Waals surface area contributed by atoms with Gasteiger partial charge in [0.25, 0.3) is 5.91 Å². The third-order valence-corrected chi connectivity index (χ3v) is 1.16. The van der Waals surface area contributed by atoms with Gasteiger partial charge in [-0.2, -0.15) is 4.89 Å². The summed E-state index contributed by atoms with van der Waals surface area (Å²) in [5, 5.41) is 9.88. The Bertz CT molecular complexity index is 236. The number of hydrogen-bond donors (Lipinski definition) is 2. The van der Waals surface area contributed by atoms with Crippen LogP contribution in [-0.4, -0.2) is 29.2 Å². The standard InChI is InChI=1S/C5H5NO6/c7-3-1-2(4(8)6-3)11-12-5(9)10/h2H,1H2,(H,9,10)(H,6,7,8). The van der Waals surface area contributed by atoms with E-state index in [2.05, 4.69) is 9.78 Å². The fourth-order valence-electron chi connectivity index (χ4n) is 0.707. The van der Waals surface area contributed by atoms with Gasteiger partial charge in [-0.05, 0) is 0 Å². The van der Waals surface area contributed by atoms with E-state index in [1.165, 1.54) is 0 Å². The van der Waals surface area contributed by atoms with E-state index in [-0.39, 0.29) is 6.42 Å². The molecule has 1 aliphatic heterocycles. The van der Waals surface area contributed by atoms with Crippen LogP contribution in [0.15, 0.2) is 0 Å². The van der Waals surface area contributed by atoms with E-state index in [0.717, 1.165) is 0 Å². The minimum absolute atomic E-state index is 0.216. The average molecular weight is 175 g/mol. The maximum atomic E-state index is 10.7. The fourth-order valence-corrected chi connectivity index (χ4v) is 0.707. The number of imide groups is 1. The number of carbonyl (C=O) groups excluding carboxylic acids is 2. The van der Waals surface area contributed by atoms with E-state index in [9.17, 15) is 14.4 Å². The number of carboxylic acid groups (broad SMARTS) is 1. The molecule has 1 fully saturated rings. The normalized spacial score (nSPS) is 22.2. The van der Waals surface area contributed by atoms with Crippen LogP contribution in [0.4, 0.5) is 4.79 Å². The highest BCUT2D eigenvalue weighted by Gasteiger charge is 2.33. The van der Waals surface area contributed by atoms with Crippen molar-refractivity contribution >= 4 is 18.0 Å². The summed E-state index contributed by atoms with van der Waals surface area (Å²) >= 11 is 0. The van der Waals surface area contributed by atoms with Gasteiger partial charge >= 0.3 is 6.16 Å². The zero-order valence-electron chi connectivity index (χ0n) is 5.77. The zero-order valence-corrected chi connectivity index (χ0v) is 5.77. The summed E-state index contributed by atoms with van der Waals surface area (Å²) in [6.45, 7) is 0. The second-order valence-corrected chi connectivity index (χ2v) is 2.05. The molecule has 12 heavy (non-hydrogen) atoms. The smallest absolute Gasteiger partial charge is 0.448 e. The summed E-state index contributed by atoms with van der Waals surface area (Å²) in [5.74, 6) is -1.21. The van der Waals surface area contributed by atoms with Crippen LogP contribution in [0.5, 0.6) is 0 Å². The first-order valence-corrected chi connectivity index (χ1v) is 2.99. The Hall–Kier alpha value is -1.63. The molecule has 1 heterocycles. The monoisotopic (exact) mass is 175 g/mol. The molecule has 0 aromatic rings. The first-order valence-electron chi connectivity index (χ1n) is 2.99. The number of nitrogens with one attached hydrogen (secondary N) is 1. The van der Waals surface area contributed by atoms with Gasteiger partial charge in [0.15, 0.2) is 6.10 Å². The Labute approximate surface area is 66.2 Å². The molecule has 1 unspecified atom stereocenters. The Morgan fingerprint density at radius 3 is 2.67 bits per heavy atom. The molecule has 0 radical (unpaired) electrons. The Morgan fingerprint density at radius 1 is 1.58 bits per heavy atom. The van der Waals surface area contributed by atoms with E-state index in [1.54, 1.807) is 0 Å². The Kier molecular flexibility index (Phi) is 2.24. The highest BCUT2D eigenvalue weighted by molar-refractivity contribution is 6.04. The van der Waals surface area contributed by atoms with E-state index < -0.39 is 24.1 Å². The summed E-state index contributed by atoms with van der Waals surface area (Å²) < 4.78 is 0. The molecule has 1 aliphatic rings. The van der Waals surface area contributed by atoms with Crippen LogP contribution < -0.4 is 5.32 Å². The van der Waals surface area contributed by atoms with Crippen molar-refractivity contribution in [3.63, 3.8) is 0 Å². The lowest BCUT2D eigenvalue weighted by atomic mass is 10.3. The maximum absolute atomic E-state index is 10.7. The van der Waals surface area contributed by atoms with Crippen LogP contribution in [0, 0.1) is 0 Å². The molecule has 1 saturated heterocycles. The molecular formula is C5H5NO6. The highest BCUT2D eigenvalue weighted by Crippen LogP contribution is 2.06. The largest absolute Gasteiger partial charge is 0.537 e. The Morgan fingerprint density at radius 2 is 2.25 bits per heavy atom. The van der Waals surface area contributed by atoms with Gasteiger partial charge < -0.3 is 5.11 Å². The number of amides is 2. The lowest BCUT2D eigenvalue weighted by Crippen LogP contribution is -2.27. The van der Waals surface area contributed by atoms with Gasteiger partial charge in [-0.1, -0.05) is 0 Å². The maximum Gasteiger partial charge on any atom is 0.537 e. The van der Waals surface area contributed by atoms with Gasteiger partial charge in [-0.3, -0.25) is 19.8 Å². The fraction of sp³-hybridized carbons (Fsp3) is 0.400. The average Bonchev–Trinajstić information content (AvgIpc) is 2.26. The van der Waals surface area contributed by atoms with Crippen LogP contribution in [0.3, 0.4) is 0 Å². The van der Waals surface area contributed by atoms with Crippen molar-refractivity contribution in [1.29, 1.82) is 0 Å². The minimum atomic E-state index is -1.66. The van der Waals surface area contributed by atoms with E-state index >= 15 is 0 Å². The van der Waals surface area contributed by atoms with E-state index in [4.69, 9.17) is 5.11 Å². The zero-order chi connectivity index (χ0) is 9.14. The van der Waals surface area contributed by atoms with Crippen molar-refractivity contribution in [1.82, 2.24) is 5.32 Å². The van der Waals surface area contributed by atoms with Gasteiger partial charge in [-0.25, -0.2) is 4.79 Å². The van der Waals surface area contributed by atoms with Crippen molar-refractivity contribution < 1.29 is 29.3 Å². The van der Waals surface area contributed by atoms with E-state index in [0.29, 0.717) is 0 Å². The predicted octanol–water partition coefficient (Wildman–Crippen LogP) is -0.972. The lowest BCUT2D eigenvalue weighted by molar-refractivity contribution is -0.273. The summed E-state index contributed by atoms with van der Waals surface area (Å²) in [6.07, 6.45) is -3.04. The minimum Gasteiger partial charge on any atom is -0.448 e. The SMILES string of the molecule is O=C1CC(OOC(=O)O)C(=O)N1. The van der Waals surface area contributed by atoms with Crippen molar-refractivity contribution in [3.05, 3.63) is 0 Å². The van der Waals surface area contributed by atoms with Gasteiger partial charge in [-0.15, -0.1) is 0 Å². The van der Waals surface area contributed by atoms with E-state index in [1.807, 2.05) is 5.32 Å². The van der Waals surface area contributed by atoms with Crippen LogP contribution in [-0.2, 0) is 19.4 Å². The third-order valence-electron chi connectivity index (χ3n) is 1.16. The molecule has 0 saturated carbocycles. The van der Waals surface area contributed by atoms with Gasteiger partial charge in [0, 0.05) is 0 Å². The molecule has 0 aromatic heterocycles. The molecular weight excluding hydrogens is 170 g/mol. The molecule has 1 rings (SSSR count). The van der Waals surface area contributed by atoms with Crippen LogP contribution in [0.2, 0.25) is 0 Å². The molecule has 7 nitrogen and oxygen atoms in total. The number of carbonyl (C=O) groups is 3. The molecule has 2 amide bonds. The molecule has 0 bridgehead atoms. The second-order valence-electron chi connectivity index (χ2n) is 2.05. The molecule has 66 valence electrons. The topological polar surface area (TPSA) is 102 Å². The molecule has 0 aliphatic carbocycles. The van der Waals surface area contributed by atoms with Crippen molar-refractivity contribution in [3.8, 4) is 0 Å². The highest BCUT2D eigenvalue weighted by atomic mass is 17.2. The quantitative estimate of drug-likeness (QED) is 0.318. The van der Waals surface area contributed by atoms with Crippen molar-refractivity contribution in [2.24, 2.45) is 0 Å². The molecule has 0 spiro atoms. The molecule has 0 aromatic carbocycles. The first-order chi connectivity index (χ1) is 5.59.